The first-order valence-corrected chi connectivity index (χ1v) is 10.7. The lowest BCUT2D eigenvalue weighted by molar-refractivity contribution is -0.123. The van der Waals surface area contributed by atoms with Crippen molar-refractivity contribution in [2.24, 2.45) is 5.92 Å². The molecule has 6 heteroatoms. The van der Waals surface area contributed by atoms with Crippen molar-refractivity contribution in [2.45, 2.75) is 62.6 Å². The van der Waals surface area contributed by atoms with Gasteiger partial charge in [0.15, 0.2) is 0 Å². The van der Waals surface area contributed by atoms with E-state index in [9.17, 15) is 9.59 Å². The molecule has 0 radical (unpaired) electrons. The Morgan fingerprint density at radius 1 is 1.33 bits per heavy atom. The third-order valence-electron chi connectivity index (χ3n) is 4.53. The summed E-state index contributed by atoms with van der Waals surface area (Å²) >= 11 is 3.38. The van der Waals surface area contributed by atoms with E-state index in [0.717, 1.165) is 24.9 Å². The highest BCUT2D eigenvalue weighted by molar-refractivity contribution is 8.02. The van der Waals surface area contributed by atoms with Crippen LogP contribution in [0.15, 0.2) is 10.3 Å². The van der Waals surface area contributed by atoms with Crippen LogP contribution in [0.4, 0.5) is 5.69 Å². The van der Waals surface area contributed by atoms with Crippen LogP contribution in [0, 0.1) is 5.92 Å². The molecule has 1 aliphatic carbocycles. The maximum atomic E-state index is 12.4. The maximum Gasteiger partial charge on any atom is 0.240 e. The fourth-order valence-electron chi connectivity index (χ4n) is 3.38. The highest BCUT2D eigenvalue weighted by Gasteiger charge is 2.29. The van der Waals surface area contributed by atoms with Gasteiger partial charge in [0.05, 0.1) is 15.6 Å². The summed E-state index contributed by atoms with van der Waals surface area (Å²) in [5.74, 6) is 1.05. The number of anilines is 1. The van der Waals surface area contributed by atoms with E-state index in [-0.39, 0.29) is 18.4 Å². The lowest BCUT2D eigenvalue weighted by Crippen LogP contribution is -2.46. The van der Waals surface area contributed by atoms with Crippen molar-refractivity contribution < 1.29 is 9.59 Å². The molecule has 2 aliphatic rings. The molecular weight excluding hydrogens is 340 g/mol. The number of rotatable bonds is 5. The zero-order chi connectivity index (χ0) is 17.1. The number of carbonyl (C=O) groups excluding carboxylic acids is 2. The number of fused-ring (bicyclic) bond motifs is 1. The largest absolute Gasteiger partial charge is 0.352 e. The van der Waals surface area contributed by atoms with E-state index in [1.54, 1.807) is 28.0 Å². The van der Waals surface area contributed by atoms with Crippen molar-refractivity contribution in [3.63, 3.8) is 0 Å². The van der Waals surface area contributed by atoms with Gasteiger partial charge in [0.2, 0.25) is 11.8 Å². The van der Waals surface area contributed by atoms with Gasteiger partial charge in [-0.1, -0.05) is 33.1 Å². The molecule has 1 N–H and O–H groups in total. The van der Waals surface area contributed by atoms with E-state index in [2.05, 4.69) is 25.2 Å². The minimum absolute atomic E-state index is 0.0234. The second kappa shape index (κ2) is 7.91. The minimum atomic E-state index is -0.0234. The number of thiophene rings is 1. The molecule has 1 aliphatic heterocycles. The maximum absolute atomic E-state index is 12.4. The van der Waals surface area contributed by atoms with Crippen molar-refractivity contribution in [1.29, 1.82) is 0 Å². The van der Waals surface area contributed by atoms with E-state index < -0.39 is 0 Å². The first-order valence-electron chi connectivity index (χ1n) is 8.88. The lowest BCUT2D eigenvalue weighted by atomic mass is 9.95. The first-order chi connectivity index (χ1) is 11.5. The topological polar surface area (TPSA) is 49.4 Å². The van der Waals surface area contributed by atoms with Crippen LogP contribution in [-0.2, 0) is 16.0 Å². The molecule has 24 heavy (non-hydrogen) atoms. The van der Waals surface area contributed by atoms with Gasteiger partial charge in [0.1, 0.15) is 6.54 Å². The summed E-state index contributed by atoms with van der Waals surface area (Å²) in [7, 11) is 0. The summed E-state index contributed by atoms with van der Waals surface area (Å²) in [6.07, 6.45) is 6.81. The van der Waals surface area contributed by atoms with Gasteiger partial charge in [0.25, 0.3) is 0 Å². The zero-order valence-corrected chi connectivity index (χ0v) is 16.1. The minimum Gasteiger partial charge on any atom is -0.352 e. The molecule has 0 spiro atoms. The summed E-state index contributed by atoms with van der Waals surface area (Å²) in [5, 5.41) is 3.12. The molecule has 2 amide bonds. The number of thioether (sulfide) groups is 1. The van der Waals surface area contributed by atoms with E-state index in [0.29, 0.717) is 17.7 Å². The van der Waals surface area contributed by atoms with Crippen LogP contribution in [-0.4, -0.2) is 30.2 Å². The molecule has 0 atom stereocenters. The summed E-state index contributed by atoms with van der Waals surface area (Å²) < 4.78 is 1.18. The number of amides is 2. The highest BCUT2D eigenvalue weighted by atomic mass is 32.2. The molecule has 0 bridgehead atoms. The van der Waals surface area contributed by atoms with E-state index in [4.69, 9.17) is 0 Å². The molecular formula is C18H26N2O2S2. The average molecular weight is 367 g/mol. The predicted octanol–water partition coefficient (Wildman–Crippen LogP) is 3.83. The van der Waals surface area contributed by atoms with Crippen LogP contribution >= 0.6 is 23.1 Å². The van der Waals surface area contributed by atoms with Gasteiger partial charge < -0.3 is 10.2 Å². The molecule has 0 unspecified atom stereocenters. The number of nitrogens with one attached hydrogen (secondary N) is 1. The average Bonchev–Trinajstić information content (AvgIpc) is 2.93. The molecule has 0 saturated heterocycles. The van der Waals surface area contributed by atoms with Crippen molar-refractivity contribution in [3.05, 3.63) is 10.9 Å². The quantitative estimate of drug-likeness (QED) is 0.861. The lowest BCUT2D eigenvalue weighted by Gasteiger charge is -2.28. The van der Waals surface area contributed by atoms with Crippen LogP contribution in [0.5, 0.6) is 0 Å². The molecule has 132 valence electrons. The zero-order valence-electron chi connectivity index (χ0n) is 14.5. The SMILES string of the molecule is CC(C)Cc1cc2c(s1)SCC(=O)N2CC(=O)NC1CCCCC1. The van der Waals surface area contributed by atoms with Gasteiger partial charge in [-0.05, 0) is 31.2 Å². The van der Waals surface area contributed by atoms with Crippen molar-refractivity contribution in [2.75, 3.05) is 17.2 Å². The van der Waals surface area contributed by atoms with Crippen LogP contribution in [0.25, 0.3) is 0 Å². The number of hydrogen-bond acceptors (Lipinski definition) is 4. The Morgan fingerprint density at radius 3 is 2.79 bits per heavy atom. The third-order valence-corrected chi connectivity index (χ3v) is 6.94. The van der Waals surface area contributed by atoms with Crippen molar-refractivity contribution in [3.8, 4) is 0 Å². The van der Waals surface area contributed by atoms with Gasteiger partial charge >= 0.3 is 0 Å². The Morgan fingerprint density at radius 2 is 2.08 bits per heavy atom. The van der Waals surface area contributed by atoms with Gasteiger partial charge in [-0.2, -0.15) is 0 Å². The second-order valence-corrected chi connectivity index (χ2v) is 9.54. The van der Waals surface area contributed by atoms with Crippen LogP contribution in [0.1, 0.15) is 50.8 Å². The summed E-state index contributed by atoms with van der Waals surface area (Å²) in [6, 6.07) is 2.40. The molecule has 4 nitrogen and oxygen atoms in total. The third kappa shape index (κ3) is 4.33. The molecule has 0 aromatic carbocycles. The Bertz CT molecular complexity index is 606. The highest BCUT2D eigenvalue weighted by Crippen LogP contribution is 2.42. The number of carbonyl (C=O) groups is 2. The molecule has 2 heterocycles. The fourth-order valence-corrected chi connectivity index (χ4v) is 5.94. The Kier molecular flexibility index (Phi) is 5.87. The van der Waals surface area contributed by atoms with Gasteiger partial charge in [-0.15, -0.1) is 23.1 Å². The van der Waals surface area contributed by atoms with Crippen LogP contribution in [0.3, 0.4) is 0 Å². The van der Waals surface area contributed by atoms with Crippen LogP contribution < -0.4 is 10.2 Å². The smallest absolute Gasteiger partial charge is 0.240 e. The number of hydrogen-bond donors (Lipinski definition) is 1. The van der Waals surface area contributed by atoms with E-state index >= 15 is 0 Å². The molecule has 1 aromatic rings. The summed E-state index contributed by atoms with van der Waals surface area (Å²) in [6.45, 7) is 4.56. The van der Waals surface area contributed by atoms with Gasteiger partial charge in [-0.3, -0.25) is 9.59 Å². The first kappa shape index (κ1) is 17.8. The second-order valence-electron chi connectivity index (χ2n) is 7.15. The van der Waals surface area contributed by atoms with Gasteiger partial charge in [0, 0.05) is 10.9 Å². The fraction of sp³-hybridized carbons (Fsp3) is 0.667. The summed E-state index contributed by atoms with van der Waals surface area (Å²) in [5.41, 5.74) is 0.940. The summed E-state index contributed by atoms with van der Waals surface area (Å²) in [4.78, 5) is 27.7. The van der Waals surface area contributed by atoms with Gasteiger partial charge in [-0.25, -0.2) is 0 Å². The predicted molar refractivity (Wildman–Crippen MR) is 101 cm³/mol. The molecule has 3 rings (SSSR count). The monoisotopic (exact) mass is 366 g/mol. The number of nitrogens with zero attached hydrogens (tertiary/aromatic N) is 1. The molecule has 1 saturated carbocycles. The standard InChI is InChI=1S/C18H26N2O2S2/c1-12(2)8-14-9-15-18(24-14)23-11-17(22)20(15)10-16(21)19-13-6-4-3-5-7-13/h9,12-13H,3-8,10-11H2,1-2H3,(H,19,21). The Hall–Kier alpha value is -1.01. The van der Waals surface area contributed by atoms with E-state index in [1.165, 1.54) is 28.3 Å². The molecule has 1 fully saturated rings. The Labute approximate surface area is 152 Å². The Balaban J connectivity index is 1.67. The van der Waals surface area contributed by atoms with E-state index in [1.807, 2.05) is 0 Å². The van der Waals surface area contributed by atoms with Crippen molar-refractivity contribution >= 4 is 40.6 Å². The normalized spacial score (nSPS) is 18.8. The van der Waals surface area contributed by atoms with Crippen molar-refractivity contribution in [1.82, 2.24) is 5.32 Å². The van der Waals surface area contributed by atoms with Crippen LogP contribution in [0.2, 0.25) is 0 Å². The molecule has 1 aromatic heterocycles.